The number of hydrogen-bond acceptors (Lipinski definition) is 4. The van der Waals surface area contributed by atoms with Crippen LogP contribution in [0.25, 0.3) is 0 Å². The standard InChI is InChI=1S/C35H50FN3O3/c1-8-13-31(34(40)37-21-12-15-28-14-10-11-16-32(28)42-23-24(3)4)39-35(41)33(25(5)6)38-30(9-2)26(7)22-27-17-19-29(36)20-18-27/h10-11,14,16-20,24-26,31,33,38H,2,8,12-13,15,21-23H2,1,3-7H3,(H,37,40)(H,39,41)/t26-,31+,33-/m1/s1. The fourth-order valence-electron chi connectivity index (χ4n) is 4.69. The van der Waals surface area contributed by atoms with E-state index in [0.29, 0.717) is 37.6 Å². The highest BCUT2D eigenvalue weighted by atomic mass is 19.1. The summed E-state index contributed by atoms with van der Waals surface area (Å²) in [6, 6.07) is 13.2. The van der Waals surface area contributed by atoms with Crippen molar-refractivity contribution in [2.45, 2.75) is 85.7 Å². The molecule has 3 N–H and O–H groups in total. The Hall–Kier alpha value is -3.57. The molecule has 6 nitrogen and oxygen atoms in total. The second kappa shape index (κ2) is 18.1. The van der Waals surface area contributed by atoms with Crippen molar-refractivity contribution in [1.82, 2.24) is 16.0 Å². The maximum absolute atomic E-state index is 13.4. The van der Waals surface area contributed by atoms with Gasteiger partial charge in [-0.25, -0.2) is 4.39 Å². The maximum atomic E-state index is 13.4. The summed E-state index contributed by atoms with van der Waals surface area (Å²) >= 11 is 0. The Kier molecular flexibility index (Phi) is 14.9. The highest BCUT2D eigenvalue weighted by Gasteiger charge is 2.28. The molecule has 7 heteroatoms. The normalized spacial score (nSPS) is 13.2. The lowest BCUT2D eigenvalue weighted by molar-refractivity contribution is -0.130. The van der Waals surface area contributed by atoms with Gasteiger partial charge in [0.2, 0.25) is 11.8 Å². The summed E-state index contributed by atoms with van der Waals surface area (Å²) in [5, 5.41) is 9.32. The Morgan fingerprint density at radius 3 is 2.29 bits per heavy atom. The third-order valence-corrected chi connectivity index (χ3v) is 7.08. The minimum absolute atomic E-state index is 0.0161. The quantitative estimate of drug-likeness (QED) is 0.142. The first kappa shape index (κ1) is 34.6. The van der Waals surface area contributed by atoms with Crippen molar-refractivity contribution in [3.8, 4) is 5.75 Å². The fourth-order valence-corrected chi connectivity index (χ4v) is 4.69. The molecule has 0 aliphatic heterocycles. The number of rotatable bonds is 18. The first-order valence-corrected chi connectivity index (χ1v) is 15.2. The Morgan fingerprint density at radius 1 is 0.976 bits per heavy atom. The first-order chi connectivity index (χ1) is 20.0. The van der Waals surface area contributed by atoms with E-state index in [0.717, 1.165) is 36.1 Å². The van der Waals surface area contributed by atoms with E-state index in [-0.39, 0.29) is 29.5 Å². The van der Waals surface area contributed by atoms with Crippen LogP contribution in [0.1, 0.15) is 71.9 Å². The number of amides is 2. The molecule has 0 saturated heterocycles. The van der Waals surface area contributed by atoms with Crippen LogP contribution < -0.4 is 20.7 Å². The molecule has 0 heterocycles. The van der Waals surface area contributed by atoms with E-state index in [2.05, 4.69) is 48.2 Å². The highest BCUT2D eigenvalue weighted by Crippen LogP contribution is 2.20. The maximum Gasteiger partial charge on any atom is 0.243 e. The zero-order chi connectivity index (χ0) is 31.1. The van der Waals surface area contributed by atoms with Gasteiger partial charge >= 0.3 is 0 Å². The van der Waals surface area contributed by atoms with Gasteiger partial charge < -0.3 is 20.7 Å². The largest absolute Gasteiger partial charge is 0.493 e. The molecule has 2 amide bonds. The molecule has 42 heavy (non-hydrogen) atoms. The van der Waals surface area contributed by atoms with Crippen molar-refractivity contribution in [2.75, 3.05) is 13.2 Å². The number of aryl methyl sites for hydroxylation is 1. The van der Waals surface area contributed by atoms with Crippen molar-refractivity contribution in [3.63, 3.8) is 0 Å². The molecule has 2 rings (SSSR count). The second-order valence-electron chi connectivity index (χ2n) is 11.7. The molecule has 0 saturated carbocycles. The average Bonchev–Trinajstić information content (AvgIpc) is 2.95. The number of halogens is 1. The van der Waals surface area contributed by atoms with Crippen LogP contribution >= 0.6 is 0 Å². The molecule has 0 aliphatic carbocycles. The molecule has 0 unspecified atom stereocenters. The lowest BCUT2D eigenvalue weighted by atomic mass is 9.95. The van der Waals surface area contributed by atoms with Crippen LogP contribution in [0, 0.1) is 23.6 Å². The second-order valence-corrected chi connectivity index (χ2v) is 11.7. The van der Waals surface area contributed by atoms with Gasteiger partial charge in [-0.1, -0.05) is 84.9 Å². The van der Waals surface area contributed by atoms with E-state index in [9.17, 15) is 14.0 Å². The number of benzene rings is 2. The van der Waals surface area contributed by atoms with Crippen LogP contribution in [0.3, 0.4) is 0 Å². The van der Waals surface area contributed by atoms with E-state index in [1.807, 2.05) is 45.9 Å². The summed E-state index contributed by atoms with van der Waals surface area (Å²) in [6.07, 6.45) is 3.49. The van der Waals surface area contributed by atoms with Crippen molar-refractivity contribution in [2.24, 2.45) is 17.8 Å². The van der Waals surface area contributed by atoms with Gasteiger partial charge in [-0.3, -0.25) is 9.59 Å². The number of nitrogens with one attached hydrogen (secondary N) is 3. The van der Waals surface area contributed by atoms with Crippen molar-refractivity contribution < 1.29 is 18.7 Å². The molecule has 0 bridgehead atoms. The van der Waals surface area contributed by atoms with E-state index in [1.165, 1.54) is 12.1 Å². The Bertz CT molecular complexity index is 1170. The molecule has 230 valence electrons. The van der Waals surface area contributed by atoms with Gasteiger partial charge in [-0.2, -0.15) is 0 Å². The monoisotopic (exact) mass is 579 g/mol. The number of hydrogen-bond donors (Lipinski definition) is 3. The summed E-state index contributed by atoms with van der Waals surface area (Å²) in [5.41, 5.74) is 5.77. The van der Waals surface area contributed by atoms with Gasteiger partial charge in [0.1, 0.15) is 23.7 Å². The van der Waals surface area contributed by atoms with Crippen LogP contribution in [0.5, 0.6) is 5.75 Å². The van der Waals surface area contributed by atoms with Crippen molar-refractivity contribution in [1.29, 1.82) is 0 Å². The van der Waals surface area contributed by atoms with Crippen LogP contribution in [0.2, 0.25) is 0 Å². The molecule has 0 aliphatic rings. The summed E-state index contributed by atoms with van der Waals surface area (Å²) in [4.78, 5) is 26.5. The van der Waals surface area contributed by atoms with E-state index >= 15 is 0 Å². The lowest BCUT2D eigenvalue weighted by Crippen LogP contribution is -2.54. The number of para-hydroxylation sites is 1. The smallest absolute Gasteiger partial charge is 0.243 e. The zero-order valence-electron chi connectivity index (χ0n) is 26.3. The Morgan fingerprint density at radius 2 is 1.67 bits per heavy atom. The fraction of sp³-hybridized carbons (Fsp3) is 0.514. The van der Waals surface area contributed by atoms with E-state index < -0.39 is 12.1 Å². The van der Waals surface area contributed by atoms with Gasteiger partial charge in [-0.05, 0) is 66.8 Å². The molecule has 0 spiro atoms. The molecular formula is C35H50FN3O3. The summed E-state index contributed by atoms with van der Waals surface area (Å²) in [6.45, 7) is 17.2. The number of carbonyl (C=O) groups is 2. The Balaban J connectivity index is 1.95. The number of ether oxygens (including phenoxy) is 1. The van der Waals surface area contributed by atoms with Gasteiger partial charge in [-0.15, -0.1) is 5.73 Å². The summed E-state index contributed by atoms with van der Waals surface area (Å²) in [5.74, 6) is 0.576. The number of allylic oxidation sites excluding steroid dienone is 1. The molecule has 2 aromatic rings. The van der Waals surface area contributed by atoms with Gasteiger partial charge in [0.15, 0.2) is 0 Å². The molecule has 0 aromatic heterocycles. The number of carbonyl (C=O) groups excluding carboxylic acids is 2. The molecular weight excluding hydrogens is 529 g/mol. The predicted molar refractivity (Wildman–Crippen MR) is 169 cm³/mol. The van der Waals surface area contributed by atoms with Crippen LogP contribution in [0.4, 0.5) is 4.39 Å². The minimum Gasteiger partial charge on any atom is -0.493 e. The summed E-state index contributed by atoms with van der Waals surface area (Å²) < 4.78 is 19.3. The van der Waals surface area contributed by atoms with Crippen molar-refractivity contribution >= 4 is 11.8 Å². The Labute approximate surface area is 252 Å². The lowest BCUT2D eigenvalue weighted by Gasteiger charge is -2.28. The highest BCUT2D eigenvalue weighted by molar-refractivity contribution is 5.90. The van der Waals surface area contributed by atoms with Gasteiger partial charge in [0, 0.05) is 12.5 Å². The molecule has 3 atom stereocenters. The van der Waals surface area contributed by atoms with Gasteiger partial charge in [0.05, 0.1) is 12.3 Å². The van der Waals surface area contributed by atoms with E-state index in [4.69, 9.17) is 4.74 Å². The van der Waals surface area contributed by atoms with Crippen molar-refractivity contribution in [3.05, 3.63) is 83.5 Å². The summed E-state index contributed by atoms with van der Waals surface area (Å²) in [7, 11) is 0. The first-order valence-electron chi connectivity index (χ1n) is 15.2. The third kappa shape index (κ3) is 11.7. The third-order valence-electron chi connectivity index (χ3n) is 7.08. The predicted octanol–water partition coefficient (Wildman–Crippen LogP) is 6.36. The van der Waals surface area contributed by atoms with Gasteiger partial charge in [0.25, 0.3) is 0 Å². The molecule has 2 aromatic carbocycles. The van der Waals surface area contributed by atoms with E-state index in [1.54, 1.807) is 12.1 Å². The molecule has 0 fully saturated rings. The zero-order valence-corrected chi connectivity index (χ0v) is 26.3. The minimum atomic E-state index is -0.625. The molecule has 0 radical (unpaired) electrons. The van der Waals surface area contributed by atoms with Crippen LogP contribution in [-0.2, 0) is 22.4 Å². The SMILES string of the molecule is C=C=C(N[C@@H](C(=O)N[C@@H](CCC)C(=O)NCCCc1ccccc1OCC(C)C)C(C)C)[C@H](C)Cc1ccc(F)cc1. The van der Waals surface area contributed by atoms with Crippen LogP contribution in [-0.4, -0.2) is 37.0 Å². The average molecular weight is 580 g/mol. The topological polar surface area (TPSA) is 79.5 Å². The van der Waals surface area contributed by atoms with Crippen LogP contribution in [0.15, 0.2) is 66.5 Å².